The second-order valence-electron chi connectivity index (χ2n) is 7.94. The molecule has 1 amide bonds. The molecule has 3 aliphatic heterocycles. The van der Waals surface area contributed by atoms with Crippen LogP contribution >= 0.6 is 0 Å². The fourth-order valence-corrected chi connectivity index (χ4v) is 4.57. The number of carbonyl (C=O) groups excluding carboxylic acids is 1. The fourth-order valence-electron chi connectivity index (χ4n) is 4.57. The van der Waals surface area contributed by atoms with Gasteiger partial charge in [0.25, 0.3) is 5.91 Å². The summed E-state index contributed by atoms with van der Waals surface area (Å²) in [7, 11) is 0. The van der Waals surface area contributed by atoms with E-state index in [1.54, 1.807) is 0 Å². The standard InChI is InChI=1S/C22H26N4O3/c1-16-23-18(21(27)25-11-8-22(9-12-25)28-13-14-29-22)15-20(24-16)26-10-4-6-17-5-2-3-7-19(17)26/h2-3,5,7,15H,4,6,8-14H2,1H3. The van der Waals surface area contributed by atoms with Gasteiger partial charge in [0, 0.05) is 44.2 Å². The van der Waals surface area contributed by atoms with Gasteiger partial charge in [-0.1, -0.05) is 18.2 Å². The van der Waals surface area contributed by atoms with Gasteiger partial charge in [-0.3, -0.25) is 4.79 Å². The molecule has 1 aromatic heterocycles. The molecule has 5 rings (SSSR count). The van der Waals surface area contributed by atoms with Crippen LogP contribution in [0.5, 0.6) is 0 Å². The molecular formula is C22H26N4O3. The number of rotatable bonds is 2. The average Bonchev–Trinajstić information content (AvgIpc) is 3.21. The van der Waals surface area contributed by atoms with Crippen LogP contribution in [-0.2, 0) is 15.9 Å². The maximum Gasteiger partial charge on any atom is 0.272 e. The van der Waals surface area contributed by atoms with Gasteiger partial charge in [0.15, 0.2) is 5.79 Å². The largest absolute Gasteiger partial charge is 0.347 e. The number of benzene rings is 1. The highest BCUT2D eigenvalue weighted by Crippen LogP contribution is 2.34. The van der Waals surface area contributed by atoms with Gasteiger partial charge in [0.2, 0.25) is 0 Å². The number of aryl methyl sites for hydroxylation is 2. The van der Waals surface area contributed by atoms with Crippen LogP contribution in [0.15, 0.2) is 30.3 Å². The number of carbonyl (C=O) groups is 1. The summed E-state index contributed by atoms with van der Waals surface area (Å²) in [6.45, 7) is 5.25. The molecular weight excluding hydrogens is 368 g/mol. The lowest BCUT2D eigenvalue weighted by molar-refractivity contribution is -0.181. The molecule has 2 aromatic rings. The molecule has 1 aromatic carbocycles. The number of fused-ring (bicyclic) bond motifs is 1. The van der Waals surface area contributed by atoms with Gasteiger partial charge in [-0.05, 0) is 31.4 Å². The summed E-state index contributed by atoms with van der Waals surface area (Å²) in [6.07, 6.45) is 3.55. The Labute approximate surface area is 170 Å². The zero-order valence-electron chi connectivity index (χ0n) is 16.8. The van der Waals surface area contributed by atoms with Gasteiger partial charge in [-0.25, -0.2) is 9.97 Å². The number of nitrogens with zero attached hydrogens (tertiary/aromatic N) is 4. The number of hydrogen-bond donors (Lipinski definition) is 0. The third kappa shape index (κ3) is 3.49. The molecule has 2 saturated heterocycles. The van der Waals surface area contributed by atoms with E-state index in [0.29, 0.717) is 50.7 Å². The van der Waals surface area contributed by atoms with Crippen molar-refractivity contribution in [2.75, 3.05) is 37.7 Å². The topological polar surface area (TPSA) is 67.8 Å². The van der Waals surface area contributed by atoms with Crippen LogP contribution < -0.4 is 4.90 Å². The minimum Gasteiger partial charge on any atom is -0.347 e. The number of likely N-dealkylation sites (tertiary alicyclic amines) is 1. The molecule has 0 bridgehead atoms. The van der Waals surface area contributed by atoms with Crippen LogP contribution in [-0.4, -0.2) is 59.4 Å². The molecule has 7 heteroatoms. The van der Waals surface area contributed by atoms with Crippen molar-refractivity contribution in [3.05, 3.63) is 47.4 Å². The van der Waals surface area contributed by atoms with Crippen molar-refractivity contribution < 1.29 is 14.3 Å². The Morgan fingerprint density at radius 1 is 1.07 bits per heavy atom. The second-order valence-corrected chi connectivity index (χ2v) is 7.94. The number of piperidine rings is 1. The van der Waals surface area contributed by atoms with E-state index >= 15 is 0 Å². The van der Waals surface area contributed by atoms with E-state index in [9.17, 15) is 4.79 Å². The molecule has 0 aliphatic carbocycles. The molecule has 7 nitrogen and oxygen atoms in total. The smallest absolute Gasteiger partial charge is 0.272 e. The first-order valence-electron chi connectivity index (χ1n) is 10.4. The fraction of sp³-hybridized carbons (Fsp3) is 0.500. The Balaban J connectivity index is 1.38. The molecule has 3 aliphatic rings. The van der Waals surface area contributed by atoms with Gasteiger partial charge < -0.3 is 19.3 Å². The molecule has 152 valence electrons. The minimum atomic E-state index is -0.485. The predicted molar refractivity (Wildman–Crippen MR) is 108 cm³/mol. The number of ether oxygens (including phenoxy) is 2. The average molecular weight is 394 g/mol. The van der Waals surface area contributed by atoms with Crippen molar-refractivity contribution >= 4 is 17.4 Å². The Bertz CT molecular complexity index is 916. The highest BCUT2D eigenvalue weighted by atomic mass is 16.7. The van der Waals surface area contributed by atoms with Crippen molar-refractivity contribution in [2.45, 2.75) is 38.4 Å². The van der Waals surface area contributed by atoms with Crippen molar-refractivity contribution in [1.82, 2.24) is 14.9 Å². The lowest BCUT2D eigenvalue weighted by Crippen LogP contribution is -2.47. The SMILES string of the molecule is Cc1nc(C(=O)N2CCC3(CC2)OCCO3)cc(N2CCCc3ccccc32)n1. The van der Waals surface area contributed by atoms with E-state index in [1.807, 2.05) is 24.0 Å². The summed E-state index contributed by atoms with van der Waals surface area (Å²) < 4.78 is 11.5. The summed E-state index contributed by atoms with van der Waals surface area (Å²) in [6, 6.07) is 10.2. The van der Waals surface area contributed by atoms with Crippen molar-refractivity contribution in [2.24, 2.45) is 0 Å². The molecule has 0 atom stereocenters. The first kappa shape index (κ1) is 18.5. The summed E-state index contributed by atoms with van der Waals surface area (Å²) in [5.41, 5.74) is 2.95. The molecule has 0 unspecified atom stereocenters. The van der Waals surface area contributed by atoms with Crippen molar-refractivity contribution in [3.63, 3.8) is 0 Å². The minimum absolute atomic E-state index is 0.0464. The van der Waals surface area contributed by atoms with Crippen LogP contribution in [0.3, 0.4) is 0 Å². The lowest BCUT2D eigenvalue weighted by atomic mass is 10.0. The van der Waals surface area contributed by atoms with E-state index < -0.39 is 5.79 Å². The Kier molecular flexibility index (Phi) is 4.72. The van der Waals surface area contributed by atoms with E-state index in [-0.39, 0.29) is 5.91 Å². The highest BCUT2D eigenvalue weighted by Gasteiger charge is 2.41. The number of aromatic nitrogens is 2. The molecule has 29 heavy (non-hydrogen) atoms. The van der Waals surface area contributed by atoms with Crippen LogP contribution in [0.25, 0.3) is 0 Å². The van der Waals surface area contributed by atoms with Crippen LogP contribution in [0.4, 0.5) is 11.5 Å². The third-order valence-electron chi connectivity index (χ3n) is 6.06. The summed E-state index contributed by atoms with van der Waals surface area (Å²) in [5.74, 6) is 0.879. The Hall–Kier alpha value is -2.51. The number of hydrogen-bond acceptors (Lipinski definition) is 6. The number of amides is 1. The Morgan fingerprint density at radius 3 is 2.62 bits per heavy atom. The molecule has 0 radical (unpaired) electrons. The monoisotopic (exact) mass is 394 g/mol. The predicted octanol–water partition coefficient (Wildman–Crippen LogP) is 2.85. The highest BCUT2D eigenvalue weighted by molar-refractivity contribution is 5.93. The van der Waals surface area contributed by atoms with E-state index in [0.717, 1.165) is 25.2 Å². The van der Waals surface area contributed by atoms with E-state index in [2.05, 4.69) is 33.1 Å². The normalized spacial score (nSPS) is 20.7. The molecule has 4 heterocycles. The van der Waals surface area contributed by atoms with Gasteiger partial charge in [-0.2, -0.15) is 0 Å². The maximum absolute atomic E-state index is 13.2. The van der Waals surface area contributed by atoms with Crippen molar-refractivity contribution in [3.8, 4) is 0 Å². The van der Waals surface area contributed by atoms with E-state index in [4.69, 9.17) is 9.47 Å². The molecule has 0 saturated carbocycles. The van der Waals surface area contributed by atoms with Gasteiger partial charge >= 0.3 is 0 Å². The summed E-state index contributed by atoms with van der Waals surface area (Å²) in [5, 5.41) is 0. The first-order chi connectivity index (χ1) is 14.1. The maximum atomic E-state index is 13.2. The van der Waals surface area contributed by atoms with Crippen molar-refractivity contribution in [1.29, 1.82) is 0 Å². The van der Waals surface area contributed by atoms with Crippen LogP contribution in [0.2, 0.25) is 0 Å². The molecule has 1 spiro atoms. The van der Waals surface area contributed by atoms with E-state index in [1.165, 1.54) is 11.3 Å². The number of anilines is 2. The molecule has 2 fully saturated rings. The molecule has 0 N–H and O–H groups in total. The quantitative estimate of drug-likeness (QED) is 0.780. The number of para-hydroxylation sites is 1. The third-order valence-corrected chi connectivity index (χ3v) is 6.06. The summed E-state index contributed by atoms with van der Waals surface area (Å²) in [4.78, 5) is 26.3. The lowest BCUT2D eigenvalue weighted by Gasteiger charge is -2.37. The first-order valence-corrected chi connectivity index (χ1v) is 10.4. The van der Waals surface area contributed by atoms with Gasteiger partial charge in [0.1, 0.15) is 17.3 Å². The second kappa shape index (κ2) is 7.39. The Morgan fingerprint density at radius 2 is 1.83 bits per heavy atom. The zero-order valence-corrected chi connectivity index (χ0v) is 16.8. The zero-order chi connectivity index (χ0) is 19.8. The van der Waals surface area contributed by atoms with Gasteiger partial charge in [0.05, 0.1) is 13.2 Å². The van der Waals surface area contributed by atoms with Crippen LogP contribution in [0, 0.1) is 6.92 Å². The summed E-state index contributed by atoms with van der Waals surface area (Å²) >= 11 is 0. The van der Waals surface area contributed by atoms with Crippen LogP contribution in [0.1, 0.15) is 41.1 Å². The van der Waals surface area contributed by atoms with Gasteiger partial charge in [-0.15, -0.1) is 0 Å².